The first kappa shape index (κ1) is 19.4. The van der Waals surface area contributed by atoms with Crippen LogP contribution in [-0.4, -0.2) is 32.8 Å². The van der Waals surface area contributed by atoms with E-state index in [-0.39, 0.29) is 5.91 Å². The van der Waals surface area contributed by atoms with Crippen molar-refractivity contribution in [2.45, 2.75) is 32.2 Å². The molecule has 0 heterocycles. The molecule has 24 heavy (non-hydrogen) atoms. The van der Waals surface area contributed by atoms with E-state index in [1.54, 1.807) is 25.3 Å². The van der Waals surface area contributed by atoms with Gasteiger partial charge in [-0.05, 0) is 31.1 Å². The van der Waals surface area contributed by atoms with Gasteiger partial charge in [-0.2, -0.15) is 0 Å². The van der Waals surface area contributed by atoms with Crippen LogP contribution in [0.15, 0.2) is 18.2 Å². The standard InChI is InChI=1S/C19H25NO4/c1-7-19(8-2,9-3)20-16(21)13-11-14-10-12-15(22-4)18(24-6)17(14)23-5/h1,10-13H,8-9H2,2-6H3,(H,20,21). The highest BCUT2D eigenvalue weighted by Crippen LogP contribution is 2.40. The number of carbonyl (C=O) groups is 1. The number of nitrogens with one attached hydrogen (secondary N) is 1. The molecule has 1 aromatic carbocycles. The summed E-state index contributed by atoms with van der Waals surface area (Å²) < 4.78 is 16.0. The van der Waals surface area contributed by atoms with E-state index in [1.807, 2.05) is 13.8 Å². The maximum Gasteiger partial charge on any atom is 0.245 e. The van der Waals surface area contributed by atoms with Gasteiger partial charge in [0.1, 0.15) is 5.54 Å². The zero-order valence-corrected chi connectivity index (χ0v) is 14.9. The summed E-state index contributed by atoms with van der Waals surface area (Å²) >= 11 is 0. The average Bonchev–Trinajstić information content (AvgIpc) is 2.63. The van der Waals surface area contributed by atoms with Crippen molar-refractivity contribution >= 4 is 12.0 Å². The van der Waals surface area contributed by atoms with Gasteiger partial charge in [0.15, 0.2) is 11.5 Å². The fourth-order valence-corrected chi connectivity index (χ4v) is 2.37. The lowest BCUT2D eigenvalue weighted by Gasteiger charge is -2.26. The number of ether oxygens (including phenoxy) is 3. The van der Waals surface area contributed by atoms with Crippen molar-refractivity contribution < 1.29 is 19.0 Å². The van der Waals surface area contributed by atoms with Crippen LogP contribution >= 0.6 is 0 Å². The summed E-state index contributed by atoms with van der Waals surface area (Å²) in [6.45, 7) is 3.90. The molecule has 130 valence electrons. The summed E-state index contributed by atoms with van der Waals surface area (Å²) in [4.78, 5) is 12.2. The monoisotopic (exact) mass is 331 g/mol. The second kappa shape index (κ2) is 8.88. The van der Waals surface area contributed by atoms with E-state index in [0.717, 1.165) is 0 Å². The summed E-state index contributed by atoms with van der Waals surface area (Å²) in [7, 11) is 4.62. The van der Waals surface area contributed by atoms with Crippen LogP contribution in [0.5, 0.6) is 17.2 Å². The quantitative estimate of drug-likeness (QED) is 0.588. The number of benzene rings is 1. The molecule has 1 aromatic rings. The van der Waals surface area contributed by atoms with Crippen molar-refractivity contribution in [3.05, 3.63) is 23.8 Å². The summed E-state index contributed by atoms with van der Waals surface area (Å²) in [6, 6.07) is 3.54. The van der Waals surface area contributed by atoms with Gasteiger partial charge in [-0.15, -0.1) is 6.42 Å². The molecule has 0 aliphatic carbocycles. The van der Waals surface area contributed by atoms with Crippen LogP contribution in [0.25, 0.3) is 6.08 Å². The Bertz CT molecular complexity index is 640. The highest BCUT2D eigenvalue weighted by molar-refractivity contribution is 5.93. The molecule has 0 aliphatic heterocycles. The van der Waals surface area contributed by atoms with E-state index in [1.165, 1.54) is 20.3 Å². The highest BCUT2D eigenvalue weighted by Gasteiger charge is 2.24. The van der Waals surface area contributed by atoms with E-state index in [0.29, 0.717) is 35.7 Å². The highest BCUT2D eigenvalue weighted by atomic mass is 16.5. The van der Waals surface area contributed by atoms with Gasteiger partial charge in [0.05, 0.1) is 21.3 Å². The number of hydrogen-bond donors (Lipinski definition) is 1. The number of methoxy groups -OCH3 is 3. The minimum Gasteiger partial charge on any atom is -0.493 e. The molecule has 0 unspecified atom stereocenters. The van der Waals surface area contributed by atoms with E-state index >= 15 is 0 Å². The number of rotatable bonds is 8. The molecule has 0 atom stereocenters. The van der Waals surface area contributed by atoms with Gasteiger partial charge >= 0.3 is 0 Å². The molecule has 5 heteroatoms. The first-order valence-electron chi connectivity index (χ1n) is 7.77. The van der Waals surface area contributed by atoms with Crippen LogP contribution in [0.1, 0.15) is 32.3 Å². The van der Waals surface area contributed by atoms with Crippen molar-refractivity contribution in [3.63, 3.8) is 0 Å². The second-order valence-corrected chi connectivity index (χ2v) is 5.18. The molecular weight excluding hydrogens is 306 g/mol. The molecule has 5 nitrogen and oxygen atoms in total. The topological polar surface area (TPSA) is 56.8 Å². The van der Waals surface area contributed by atoms with Crippen LogP contribution in [0, 0.1) is 12.3 Å². The molecule has 0 aliphatic rings. The number of carbonyl (C=O) groups excluding carboxylic acids is 1. The lowest BCUT2D eigenvalue weighted by molar-refractivity contribution is -0.117. The minimum absolute atomic E-state index is 0.256. The summed E-state index contributed by atoms with van der Waals surface area (Å²) in [5.41, 5.74) is 0.0768. The van der Waals surface area contributed by atoms with Gasteiger partial charge in [0, 0.05) is 11.6 Å². The van der Waals surface area contributed by atoms with Gasteiger partial charge in [0.2, 0.25) is 11.7 Å². The molecule has 0 fully saturated rings. The molecule has 1 rings (SSSR count). The molecule has 0 bridgehead atoms. The Balaban J connectivity index is 3.07. The van der Waals surface area contributed by atoms with Gasteiger partial charge in [-0.25, -0.2) is 0 Å². The molecule has 0 saturated carbocycles. The molecule has 0 spiro atoms. The fourth-order valence-electron chi connectivity index (χ4n) is 2.37. The largest absolute Gasteiger partial charge is 0.493 e. The van der Waals surface area contributed by atoms with E-state index in [2.05, 4.69) is 11.2 Å². The summed E-state index contributed by atoms with van der Waals surface area (Å²) in [5.74, 6) is 3.94. The normalized spacial score (nSPS) is 11.0. The Hall–Kier alpha value is -2.61. The predicted octanol–water partition coefficient (Wildman–Crippen LogP) is 3.03. The van der Waals surface area contributed by atoms with E-state index in [9.17, 15) is 4.79 Å². The zero-order chi connectivity index (χ0) is 18.2. The molecule has 1 amide bonds. The molecule has 0 aromatic heterocycles. The summed E-state index contributed by atoms with van der Waals surface area (Å²) in [6.07, 6.45) is 9.98. The smallest absolute Gasteiger partial charge is 0.245 e. The third-order valence-electron chi connectivity index (χ3n) is 3.99. The molecule has 0 saturated heterocycles. The fraction of sp³-hybridized carbons (Fsp3) is 0.421. The van der Waals surface area contributed by atoms with Crippen molar-refractivity contribution in [1.82, 2.24) is 5.32 Å². The van der Waals surface area contributed by atoms with Crippen LogP contribution in [0.2, 0.25) is 0 Å². The minimum atomic E-state index is -0.622. The molecular formula is C19H25NO4. The van der Waals surface area contributed by atoms with Gasteiger partial charge in [0.25, 0.3) is 0 Å². The van der Waals surface area contributed by atoms with Crippen LogP contribution in [-0.2, 0) is 4.79 Å². The Labute approximate surface area is 144 Å². The lowest BCUT2D eigenvalue weighted by atomic mass is 9.94. The van der Waals surface area contributed by atoms with Gasteiger partial charge in [-0.3, -0.25) is 4.79 Å². The Morgan fingerprint density at radius 3 is 2.25 bits per heavy atom. The predicted molar refractivity (Wildman–Crippen MR) is 95.4 cm³/mol. The zero-order valence-electron chi connectivity index (χ0n) is 14.9. The first-order chi connectivity index (χ1) is 11.5. The average molecular weight is 331 g/mol. The van der Waals surface area contributed by atoms with Gasteiger partial charge < -0.3 is 19.5 Å². The SMILES string of the molecule is C#CC(CC)(CC)NC(=O)C=Cc1ccc(OC)c(OC)c1OC. The lowest BCUT2D eigenvalue weighted by Crippen LogP contribution is -2.45. The Morgan fingerprint density at radius 2 is 1.79 bits per heavy atom. The van der Waals surface area contributed by atoms with E-state index in [4.69, 9.17) is 20.6 Å². The van der Waals surface area contributed by atoms with Gasteiger partial charge in [-0.1, -0.05) is 19.8 Å². The van der Waals surface area contributed by atoms with Crippen molar-refractivity contribution in [2.24, 2.45) is 0 Å². The Kier molecular flexibility index (Phi) is 7.19. The summed E-state index contributed by atoms with van der Waals surface area (Å²) in [5, 5.41) is 2.88. The van der Waals surface area contributed by atoms with Crippen molar-refractivity contribution in [1.29, 1.82) is 0 Å². The van der Waals surface area contributed by atoms with Crippen molar-refractivity contribution in [2.75, 3.05) is 21.3 Å². The van der Waals surface area contributed by atoms with Crippen LogP contribution < -0.4 is 19.5 Å². The van der Waals surface area contributed by atoms with Crippen molar-refractivity contribution in [3.8, 4) is 29.6 Å². The van der Waals surface area contributed by atoms with Crippen LogP contribution in [0.4, 0.5) is 0 Å². The van der Waals surface area contributed by atoms with E-state index < -0.39 is 5.54 Å². The second-order valence-electron chi connectivity index (χ2n) is 5.18. The first-order valence-corrected chi connectivity index (χ1v) is 7.77. The number of amides is 1. The third-order valence-corrected chi connectivity index (χ3v) is 3.99. The third kappa shape index (κ3) is 4.23. The maximum absolute atomic E-state index is 12.2. The van der Waals surface area contributed by atoms with Crippen LogP contribution in [0.3, 0.4) is 0 Å². The molecule has 1 N–H and O–H groups in total. The maximum atomic E-state index is 12.2. The Morgan fingerprint density at radius 1 is 1.17 bits per heavy atom. The molecule has 0 radical (unpaired) electrons. The number of terminal acetylenes is 1. The number of hydrogen-bond acceptors (Lipinski definition) is 4.